The maximum atomic E-state index is 12.8. The summed E-state index contributed by atoms with van der Waals surface area (Å²) in [6, 6.07) is 0.386. The minimum Gasteiger partial charge on any atom is -0.393 e. The number of aliphatic hydroxyl groups is 1. The molecular weight excluding hydrogens is 468 g/mol. The zero-order chi connectivity index (χ0) is 24.6. The molecule has 2 N–H and O–H groups in total. The second kappa shape index (κ2) is 9.67. The second-order valence-electron chi connectivity index (χ2n) is 9.60. The maximum Gasteiger partial charge on any atom is 0.262 e. The number of anilines is 1. The lowest BCUT2D eigenvalue weighted by atomic mass is 9.93. The van der Waals surface area contributed by atoms with Crippen LogP contribution < -0.4 is 5.32 Å². The van der Waals surface area contributed by atoms with Crippen LogP contribution in [0, 0.1) is 6.92 Å². The molecule has 0 radical (unpaired) electrons. The van der Waals surface area contributed by atoms with E-state index in [1.165, 1.54) is 16.8 Å². The smallest absolute Gasteiger partial charge is 0.262 e. The summed E-state index contributed by atoms with van der Waals surface area (Å²) in [7, 11) is -1.82. The van der Waals surface area contributed by atoms with Gasteiger partial charge in [0, 0.05) is 50.3 Å². The van der Waals surface area contributed by atoms with E-state index in [0.29, 0.717) is 37.9 Å². The van der Waals surface area contributed by atoms with Crippen LogP contribution in [-0.2, 0) is 17.1 Å². The third-order valence-electron chi connectivity index (χ3n) is 6.96. The topological polar surface area (TPSA) is 131 Å². The molecule has 0 unspecified atom stereocenters. The number of piperidine rings is 1. The number of hydrogen-bond acceptors (Lipinski definition) is 8. The largest absolute Gasteiger partial charge is 0.393 e. The Labute approximate surface area is 205 Å². The first-order chi connectivity index (χ1) is 16.8. The Morgan fingerprint density at radius 3 is 2.46 bits per heavy atom. The lowest BCUT2D eigenvalue weighted by molar-refractivity contribution is 0.108. The summed E-state index contributed by atoms with van der Waals surface area (Å²) in [6.07, 6.45) is 13.3. The molecule has 188 valence electrons. The predicted molar refractivity (Wildman–Crippen MR) is 130 cm³/mol. The first-order valence-corrected chi connectivity index (χ1v) is 13.5. The molecule has 2 aliphatic rings. The highest BCUT2D eigenvalue weighted by Crippen LogP contribution is 2.30. The van der Waals surface area contributed by atoms with Crippen molar-refractivity contribution in [2.24, 2.45) is 7.05 Å². The van der Waals surface area contributed by atoms with E-state index in [4.69, 9.17) is 4.98 Å². The fraction of sp³-hybridized carbons (Fsp3) is 0.565. The first kappa shape index (κ1) is 23.9. The van der Waals surface area contributed by atoms with Crippen LogP contribution in [0.4, 0.5) is 5.95 Å². The summed E-state index contributed by atoms with van der Waals surface area (Å²) in [5.41, 5.74) is 2.74. The van der Waals surface area contributed by atoms with Crippen molar-refractivity contribution < 1.29 is 13.5 Å². The van der Waals surface area contributed by atoms with E-state index in [0.717, 1.165) is 42.5 Å². The number of imidazole rings is 1. The van der Waals surface area contributed by atoms with Gasteiger partial charge >= 0.3 is 0 Å². The minimum absolute atomic E-state index is 0.0807. The maximum absolute atomic E-state index is 12.8. The summed E-state index contributed by atoms with van der Waals surface area (Å²) in [5, 5.41) is 17.8. The number of hydrogen-bond donors (Lipinski definition) is 2. The van der Waals surface area contributed by atoms with Crippen molar-refractivity contribution in [2.75, 3.05) is 18.4 Å². The molecule has 0 spiro atoms. The van der Waals surface area contributed by atoms with Gasteiger partial charge < -0.3 is 15.0 Å². The first-order valence-electron chi connectivity index (χ1n) is 12.1. The number of rotatable bonds is 6. The van der Waals surface area contributed by atoms with Gasteiger partial charge in [-0.3, -0.25) is 4.68 Å². The SMILES string of the molecule is Cc1cnc(NC2CCN(S(=O)(=O)c3cn(C)cn3)CC2)nc1-c1cnn(C2CCC(O)CC2)c1. The second-order valence-corrected chi connectivity index (χ2v) is 11.5. The molecule has 4 heterocycles. The van der Waals surface area contributed by atoms with Crippen LogP contribution in [0.2, 0.25) is 0 Å². The Hall–Kier alpha value is -2.83. The summed E-state index contributed by atoms with van der Waals surface area (Å²) >= 11 is 0. The van der Waals surface area contributed by atoms with Gasteiger partial charge in [-0.15, -0.1) is 0 Å². The van der Waals surface area contributed by atoms with Crippen molar-refractivity contribution in [1.82, 2.24) is 33.6 Å². The Morgan fingerprint density at radius 2 is 1.77 bits per heavy atom. The number of aryl methyl sites for hydroxylation is 2. The van der Waals surface area contributed by atoms with Crippen molar-refractivity contribution in [3.05, 3.63) is 36.7 Å². The number of aromatic nitrogens is 6. The van der Waals surface area contributed by atoms with Gasteiger partial charge in [0.25, 0.3) is 10.0 Å². The van der Waals surface area contributed by atoms with Crippen molar-refractivity contribution >= 4 is 16.0 Å². The van der Waals surface area contributed by atoms with E-state index in [1.807, 2.05) is 24.0 Å². The quantitative estimate of drug-likeness (QED) is 0.526. The van der Waals surface area contributed by atoms with Crippen molar-refractivity contribution in [2.45, 2.75) is 68.7 Å². The number of nitrogens with zero attached hydrogens (tertiary/aromatic N) is 7. The van der Waals surface area contributed by atoms with E-state index in [-0.39, 0.29) is 17.2 Å². The van der Waals surface area contributed by atoms with E-state index in [9.17, 15) is 13.5 Å². The fourth-order valence-corrected chi connectivity index (χ4v) is 6.30. The predicted octanol–water partition coefficient (Wildman–Crippen LogP) is 2.12. The van der Waals surface area contributed by atoms with E-state index in [2.05, 4.69) is 20.4 Å². The highest BCUT2D eigenvalue weighted by Gasteiger charge is 2.31. The molecule has 0 amide bonds. The molecule has 1 aliphatic heterocycles. The fourth-order valence-electron chi connectivity index (χ4n) is 4.86. The van der Waals surface area contributed by atoms with Gasteiger partial charge in [0.05, 0.1) is 30.4 Å². The van der Waals surface area contributed by atoms with Gasteiger partial charge in [-0.25, -0.2) is 23.4 Å². The third kappa shape index (κ3) is 5.09. The molecule has 1 aliphatic carbocycles. The third-order valence-corrected chi connectivity index (χ3v) is 8.74. The molecule has 12 heteroatoms. The van der Waals surface area contributed by atoms with E-state index < -0.39 is 10.0 Å². The van der Waals surface area contributed by atoms with Gasteiger partial charge in [0.1, 0.15) is 0 Å². The van der Waals surface area contributed by atoms with Crippen LogP contribution in [0.1, 0.15) is 50.1 Å². The summed E-state index contributed by atoms with van der Waals surface area (Å²) in [4.78, 5) is 13.2. The van der Waals surface area contributed by atoms with Crippen LogP contribution in [0.3, 0.4) is 0 Å². The zero-order valence-corrected chi connectivity index (χ0v) is 20.9. The van der Waals surface area contributed by atoms with Crippen LogP contribution in [0.25, 0.3) is 11.3 Å². The molecule has 0 bridgehead atoms. The molecule has 3 aromatic rings. The van der Waals surface area contributed by atoms with Crippen molar-refractivity contribution in [1.29, 1.82) is 0 Å². The molecule has 0 atom stereocenters. The molecule has 1 saturated carbocycles. The summed E-state index contributed by atoms with van der Waals surface area (Å²) in [5.74, 6) is 0.533. The minimum atomic E-state index is -3.58. The molecule has 1 saturated heterocycles. The Morgan fingerprint density at radius 1 is 1.03 bits per heavy atom. The average Bonchev–Trinajstić information content (AvgIpc) is 3.51. The monoisotopic (exact) mass is 500 g/mol. The molecule has 11 nitrogen and oxygen atoms in total. The van der Waals surface area contributed by atoms with Crippen LogP contribution in [0.5, 0.6) is 0 Å². The van der Waals surface area contributed by atoms with Gasteiger partial charge in [0.15, 0.2) is 5.03 Å². The van der Waals surface area contributed by atoms with Crippen LogP contribution >= 0.6 is 0 Å². The Balaban J connectivity index is 1.23. The van der Waals surface area contributed by atoms with Crippen molar-refractivity contribution in [3.63, 3.8) is 0 Å². The standard InChI is InChI=1S/C23H32N8O3S/c1-16-11-24-23(28-22(16)17-12-26-31(13-17)19-3-5-20(32)6-4-19)27-18-7-9-30(10-8-18)35(33,34)21-14-29(2)15-25-21/h11-15,18-20,32H,3-10H2,1-2H3,(H,24,27,28). The lowest BCUT2D eigenvalue weighted by Gasteiger charge is -2.31. The highest BCUT2D eigenvalue weighted by atomic mass is 32.2. The highest BCUT2D eigenvalue weighted by molar-refractivity contribution is 7.89. The Kier molecular flexibility index (Phi) is 6.60. The van der Waals surface area contributed by atoms with Gasteiger partial charge in [-0.1, -0.05) is 0 Å². The number of aliphatic hydroxyl groups excluding tert-OH is 1. The van der Waals surface area contributed by atoms with Gasteiger partial charge in [0.2, 0.25) is 5.95 Å². The van der Waals surface area contributed by atoms with Gasteiger partial charge in [-0.05, 0) is 51.0 Å². The molecular formula is C23H32N8O3S. The van der Waals surface area contributed by atoms with E-state index >= 15 is 0 Å². The van der Waals surface area contributed by atoms with Crippen LogP contribution in [0.15, 0.2) is 36.1 Å². The number of sulfonamides is 1. The average molecular weight is 501 g/mol. The molecule has 35 heavy (non-hydrogen) atoms. The number of nitrogens with one attached hydrogen (secondary N) is 1. The molecule has 5 rings (SSSR count). The molecule has 0 aromatic carbocycles. The molecule has 3 aromatic heterocycles. The van der Waals surface area contributed by atoms with Crippen LogP contribution in [-0.4, -0.2) is 72.4 Å². The Bertz CT molecular complexity index is 1270. The summed E-state index contributed by atoms with van der Waals surface area (Å²) in [6.45, 7) is 2.81. The lowest BCUT2D eigenvalue weighted by Crippen LogP contribution is -2.42. The zero-order valence-electron chi connectivity index (χ0n) is 20.1. The normalized spacial score (nSPS) is 22.4. The van der Waals surface area contributed by atoms with E-state index in [1.54, 1.807) is 17.8 Å². The molecule has 2 fully saturated rings. The summed E-state index contributed by atoms with van der Waals surface area (Å²) < 4.78 is 30.8. The van der Waals surface area contributed by atoms with Crippen molar-refractivity contribution in [3.8, 4) is 11.3 Å². The van der Waals surface area contributed by atoms with Gasteiger partial charge in [-0.2, -0.15) is 9.40 Å².